The number of carbonyl (C=O) groups is 1. The van der Waals surface area contributed by atoms with Crippen LogP contribution in [0, 0.1) is 0 Å². The third kappa shape index (κ3) is 6.26. The first kappa shape index (κ1) is 28.6. The average Bonchev–Trinajstić information content (AvgIpc) is 2.98. The summed E-state index contributed by atoms with van der Waals surface area (Å²) in [5, 5.41) is 21.1. The standard InChI is InChI=1S/C29H34N2O9/c1-36-20-7-5-19(6-8-20)31-11-9-30(10-12-31)17-21-15-23(32)27(34)29(40-21)22(16-26(33)39-4)18-13-24(37-2)28(35)25(14-18)38-3/h5-8,13-15,22,34-35H,9-12,16-17H2,1-4H3. The first-order chi connectivity index (χ1) is 19.3. The lowest BCUT2D eigenvalue weighted by molar-refractivity contribution is -0.140. The van der Waals surface area contributed by atoms with Gasteiger partial charge in [0.1, 0.15) is 11.5 Å². The molecule has 214 valence electrons. The third-order valence-electron chi connectivity index (χ3n) is 7.01. The van der Waals surface area contributed by atoms with Crippen LogP contribution in [0.5, 0.6) is 28.7 Å². The molecule has 11 heteroatoms. The fraction of sp³-hybridized carbons (Fsp3) is 0.379. The lowest BCUT2D eigenvalue weighted by Gasteiger charge is -2.36. The number of anilines is 1. The van der Waals surface area contributed by atoms with Gasteiger partial charge in [-0.25, -0.2) is 0 Å². The van der Waals surface area contributed by atoms with Crippen LogP contribution in [0.4, 0.5) is 5.69 Å². The minimum atomic E-state index is -0.921. The van der Waals surface area contributed by atoms with E-state index in [-0.39, 0.29) is 29.4 Å². The number of phenolic OH excluding ortho intramolecular Hbond substituents is 1. The van der Waals surface area contributed by atoms with E-state index >= 15 is 0 Å². The van der Waals surface area contributed by atoms with Crippen molar-refractivity contribution in [1.82, 2.24) is 4.90 Å². The van der Waals surface area contributed by atoms with Gasteiger partial charge >= 0.3 is 5.97 Å². The number of esters is 1. The molecular weight excluding hydrogens is 520 g/mol. The second kappa shape index (κ2) is 12.6. The lowest BCUT2D eigenvalue weighted by Crippen LogP contribution is -2.46. The SMILES string of the molecule is COC(=O)CC(c1cc(OC)c(O)c(OC)c1)c1oc(CN2CCN(c3ccc(OC)cc3)CC2)cc(=O)c1O. The van der Waals surface area contributed by atoms with Crippen LogP contribution in [0.2, 0.25) is 0 Å². The van der Waals surface area contributed by atoms with Gasteiger partial charge < -0.3 is 38.5 Å². The Morgan fingerprint density at radius 1 is 0.900 bits per heavy atom. The molecule has 1 aliphatic rings. The predicted molar refractivity (Wildman–Crippen MR) is 147 cm³/mol. The summed E-state index contributed by atoms with van der Waals surface area (Å²) in [4.78, 5) is 29.6. The van der Waals surface area contributed by atoms with Gasteiger partial charge in [-0.2, -0.15) is 0 Å². The van der Waals surface area contributed by atoms with Crippen LogP contribution in [-0.4, -0.2) is 75.7 Å². The van der Waals surface area contributed by atoms with Crippen molar-refractivity contribution in [2.45, 2.75) is 18.9 Å². The predicted octanol–water partition coefficient (Wildman–Crippen LogP) is 3.09. The maximum Gasteiger partial charge on any atom is 0.306 e. The summed E-state index contributed by atoms with van der Waals surface area (Å²) < 4.78 is 26.7. The number of nitrogens with zero attached hydrogens (tertiary/aromatic N) is 2. The summed E-state index contributed by atoms with van der Waals surface area (Å²) in [5.74, 6) is -1.08. The Kier molecular flexibility index (Phi) is 9.05. The first-order valence-electron chi connectivity index (χ1n) is 12.8. The van der Waals surface area contributed by atoms with Crippen LogP contribution in [0.25, 0.3) is 0 Å². The van der Waals surface area contributed by atoms with Crippen molar-refractivity contribution in [3.8, 4) is 28.7 Å². The number of phenols is 1. The molecule has 1 fully saturated rings. The molecule has 2 heterocycles. The van der Waals surface area contributed by atoms with Crippen LogP contribution in [0.3, 0.4) is 0 Å². The molecule has 0 bridgehead atoms. The molecule has 4 rings (SSSR count). The van der Waals surface area contributed by atoms with Gasteiger partial charge in [0.05, 0.1) is 47.3 Å². The van der Waals surface area contributed by atoms with E-state index in [4.69, 9.17) is 23.4 Å². The maximum atomic E-state index is 12.8. The number of benzene rings is 2. The first-order valence-corrected chi connectivity index (χ1v) is 12.8. The molecule has 1 aliphatic heterocycles. The minimum Gasteiger partial charge on any atom is -0.502 e. The Balaban J connectivity index is 1.60. The Morgan fingerprint density at radius 2 is 1.52 bits per heavy atom. The molecular formula is C29H34N2O9. The fourth-order valence-electron chi connectivity index (χ4n) is 4.77. The Hall–Kier alpha value is -4.38. The Bertz CT molecular complexity index is 1350. The third-order valence-corrected chi connectivity index (χ3v) is 7.01. The van der Waals surface area contributed by atoms with E-state index in [1.807, 2.05) is 24.3 Å². The molecule has 2 N–H and O–H groups in total. The highest BCUT2D eigenvalue weighted by Gasteiger charge is 2.29. The van der Waals surface area contributed by atoms with Gasteiger partial charge in [0.25, 0.3) is 0 Å². The highest BCUT2D eigenvalue weighted by atomic mass is 16.5. The maximum absolute atomic E-state index is 12.8. The van der Waals surface area contributed by atoms with Crippen molar-refractivity contribution in [1.29, 1.82) is 0 Å². The molecule has 1 aromatic heterocycles. The van der Waals surface area contributed by atoms with Crippen molar-refractivity contribution < 1.29 is 38.4 Å². The van der Waals surface area contributed by atoms with E-state index in [9.17, 15) is 19.8 Å². The summed E-state index contributed by atoms with van der Waals surface area (Å²) in [6.07, 6.45) is -0.242. The fourth-order valence-corrected chi connectivity index (χ4v) is 4.77. The van der Waals surface area contributed by atoms with Crippen molar-refractivity contribution in [2.75, 3.05) is 59.5 Å². The average molecular weight is 555 g/mol. The minimum absolute atomic E-state index is 0.0837. The van der Waals surface area contributed by atoms with E-state index in [0.717, 1.165) is 37.6 Å². The van der Waals surface area contributed by atoms with Crippen molar-refractivity contribution in [3.05, 3.63) is 69.8 Å². The van der Waals surface area contributed by atoms with Crippen LogP contribution in [0.1, 0.15) is 29.4 Å². The highest BCUT2D eigenvalue weighted by molar-refractivity contribution is 5.71. The van der Waals surface area contributed by atoms with E-state index in [0.29, 0.717) is 17.9 Å². The van der Waals surface area contributed by atoms with Crippen LogP contribution < -0.4 is 24.5 Å². The number of aromatic hydroxyl groups is 2. The molecule has 1 saturated heterocycles. The zero-order valence-corrected chi connectivity index (χ0v) is 23.0. The van der Waals surface area contributed by atoms with Gasteiger partial charge in [-0.05, 0) is 42.0 Å². The molecule has 1 unspecified atom stereocenters. The van der Waals surface area contributed by atoms with E-state index < -0.39 is 23.1 Å². The molecule has 0 spiro atoms. The summed E-state index contributed by atoms with van der Waals surface area (Å²) in [5.41, 5.74) is 0.894. The van der Waals surface area contributed by atoms with Gasteiger partial charge in [0, 0.05) is 37.9 Å². The van der Waals surface area contributed by atoms with Crippen molar-refractivity contribution in [3.63, 3.8) is 0 Å². The molecule has 2 aromatic carbocycles. The molecule has 40 heavy (non-hydrogen) atoms. The van der Waals surface area contributed by atoms with Crippen LogP contribution in [-0.2, 0) is 16.1 Å². The normalized spacial score (nSPS) is 14.4. The molecule has 0 radical (unpaired) electrons. The molecule has 3 aromatic rings. The number of rotatable bonds is 10. The summed E-state index contributed by atoms with van der Waals surface area (Å²) >= 11 is 0. The van der Waals surface area contributed by atoms with E-state index in [1.165, 1.54) is 39.5 Å². The molecule has 11 nitrogen and oxygen atoms in total. The van der Waals surface area contributed by atoms with Crippen LogP contribution in [0.15, 0.2) is 51.7 Å². The number of methoxy groups -OCH3 is 4. The molecule has 1 atom stereocenters. The Labute approximate surface area is 232 Å². The van der Waals surface area contributed by atoms with E-state index in [2.05, 4.69) is 9.80 Å². The summed E-state index contributed by atoms with van der Waals surface area (Å²) in [6.45, 7) is 3.35. The van der Waals surface area contributed by atoms with Gasteiger partial charge in [-0.3, -0.25) is 14.5 Å². The van der Waals surface area contributed by atoms with Crippen LogP contribution >= 0.6 is 0 Å². The largest absolute Gasteiger partial charge is 0.502 e. The smallest absolute Gasteiger partial charge is 0.306 e. The second-order valence-corrected chi connectivity index (χ2v) is 9.36. The topological polar surface area (TPSA) is 131 Å². The molecule has 0 aliphatic carbocycles. The highest BCUT2D eigenvalue weighted by Crippen LogP contribution is 2.42. The summed E-state index contributed by atoms with van der Waals surface area (Å²) in [6, 6.07) is 12.2. The van der Waals surface area contributed by atoms with Crippen molar-refractivity contribution in [2.24, 2.45) is 0 Å². The number of ether oxygens (including phenoxy) is 4. The summed E-state index contributed by atoms with van der Waals surface area (Å²) in [7, 11) is 5.63. The monoisotopic (exact) mass is 554 g/mol. The molecule has 0 saturated carbocycles. The van der Waals surface area contributed by atoms with Gasteiger partial charge in [-0.15, -0.1) is 0 Å². The zero-order chi connectivity index (χ0) is 28.8. The lowest BCUT2D eigenvalue weighted by atomic mass is 9.91. The zero-order valence-electron chi connectivity index (χ0n) is 23.0. The van der Waals surface area contributed by atoms with E-state index in [1.54, 1.807) is 7.11 Å². The Morgan fingerprint density at radius 3 is 2.08 bits per heavy atom. The van der Waals surface area contributed by atoms with Gasteiger partial charge in [0.15, 0.2) is 17.3 Å². The number of hydrogen-bond acceptors (Lipinski definition) is 11. The molecule has 0 amide bonds. The number of carbonyl (C=O) groups excluding carboxylic acids is 1. The van der Waals surface area contributed by atoms with Gasteiger partial charge in [-0.1, -0.05) is 0 Å². The number of piperazine rings is 1. The van der Waals surface area contributed by atoms with Crippen molar-refractivity contribution >= 4 is 11.7 Å². The number of hydrogen-bond donors (Lipinski definition) is 2. The quantitative estimate of drug-likeness (QED) is 0.359. The van der Waals surface area contributed by atoms with Gasteiger partial charge in [0.2, 0.25) is 16.9 Å². The second-order valence-electron chi connectivity index (χ2n) is 9.36.